The molecule has 0 heterocycles. The molecule has 2 rings (SSSR count). The Kier molecular flexibility index (Phi) is 5.60. The van der Waals surface area contributed by atoms with Crippen molar-refractivity contribution >= 4 is 0 Å². The Morgan fingerprint density at radius 2 is 1.64 bits per heavy atom. The minimum absolute atomic E-state index is 0.0535. The van der Waals surface area contributed by atoms with Crippen molar-refractivity contribution in [3.8, 4) is 23.0 Å². The summed E-state index contributed by atoms with van der Waals surface area (Å²) in [5.41, 5.74) is 1.61. The third kappa shape index (κ3) is 4.65. The fourth-order valence-corrected chi connectivity index (χ4v) is 2.59. The molecule has 0 aliphatic rings. The lowest BCUT2D eigenvalue weighted by Gasteiger charge is -2.29. The molecule has 25 heavy (non-hydrogen) atoms. The summed E-state index contributed by atoms with van der Waals surface area (Å²) in [6.07, 6.45) is -0.494. The van der Waals surface area contributed by atoms with Gasteiger partial charge in [0.25, 0.3) is 0 Å². The summed E-state index contributed by atoms with van der Waals surface area (Å²) in [4.78, 5) is 0. The second kappa shape index (κ2) is 7.33. The number of hydrogen-bond acceptors (Lipinski definition) is 5. The standard InChI is InChI=1S/C20H26O5/c1-12-6-14(21)9-15(7-12)25-16-8-13(2)17(18(22)10-16)11-19(23)20(3,4)24-5/h6-10,19,21-23H,11H2,1-5H3. The topological polar surface area (TPSA) is 79.2 Å². The lowest BCUT2D eigenvalue weighted by molar-refractivity contribution is -0.0766. The van der Waals surface area contributed by atoms with Gasteiger partial charge in [-0.3, -0.25) is 0 Å². The van der Waals surface area contributed by atoms with Crippen LogP contribution >= 0.6 is 0 Å². The average molecular weight is 346 g/mol. The van der Waals surface area contributed by atoms with Gasteiger partial charge in [0.2, 0.25) is 0 Å². The minimum atomic E-state index is -0.761. The van der Waals surface area contributed by atoms with Gasteiger partial charge in [0.1, 0.15) is 23.0 Å². The summed E-state index contributed by atoms with van der Waals surface area (Å²) in [5.74, 6) is 1.13. The number of aromatic hydroxyl groups is 2. The molecule has 0 radical (unpaired) electrons. The van der Waals surface area contributed by atoms with Gasteiger partial charge in [0.15, 0.2) is 0 Å². The van der Waals surface area contributed by atoms with Crippen LogP contribution in [0.5, 0.6) is 23.0 Å². The van der Waals surface area contributed by atoms with Gasteiger partial charge >= 0.3 is 0 Å². The molecule has 1 unspecified atom stereocenters. The highest BCUT2D eigenvalue weighted by atomic mass is 16.5. The number of methoxy groups -OCH3 is 1. The van der Waals surface area contributed by atoms with Crippen molar-refractivity contribution in [3.63, 3.8) is 0 Å². The Balaban J connectivity index is 2.25. The maximum Gasteiger partial charge on any atom is 0.131 e. The van der Waals surface area contributed by atoms with E-state index in [4.69, 9.17) is 9.47 Å². The van der Waals surface area contributed by atoms with Crippen LogP contribution in [0.3, 0.4) is 0 Å². The summed E-state index contributed by atoms with van der Waals surface area (Å²) < 4.78 is 11.0. The Bertz CT molecular complexity index is 708. The van der Waals surface area contributed by atoms with Crippen LogP contribution in [-0.2, 0) is 11.2 Å². The number of rotatable bonds is 6. The number of phenolic OH excluding ortho intramolecular Hbond substituents is 2. The van der Waals surface area contributed by atoms with Crippen LogP contribution in [0.4, 0.5) is 0 Å². The molecule has 0 spiro atoms. The van der Waals surface area contributed by atoms with Crippen molar-refractivity contribution in [2.45, 2.75) is 45.8 Å². The predicted octanol–water partition coefficient (Wildman–Crippen LogP) is 3.84. The van der Waals surface area contributed by atoms with Crippen molar-refractivity contribution in [2.75, 3.05) is 7.11 Å². The number of aryl methyl sites for hydroxylation is 2. The van der Waals surface area contributed by atoms with E-state index in [2.05, 4.69) is 0 Å². The van der Waals surface area contributed by atoms with Crippen LogP contribution in [0.1, 0.15) is 30.5 Å². The molecule has 136 valence electrons. The zero-order valence-corrected chi connectivity index (χ0v) is 15.3. The van der Waals surface area contributed by atoms with Crippen molar-refractivity contribution in [1.82, 2.24) is 0 Å². The van der Waals surface area contributed by atoms with Gasteiger partial charge in [-0.1, -0.05) is 0 Å². The van der Waals surface area contributed by atoms with Crippen molar-refractivity contribution in [1.29, 1.82) is 0 Å². The number of aliphatic hydroxyl groups is 1. The molecule has 2 aromatic rings. The average Bonchev–Trinajstić information content (AvgIpc) is 2.49. The molecular weight excluding hydrogens is 320 g/mol. The first-order chi connectivity index (χ1) is 11.6. The van der Waals surface area contributed by atoms with Crippen LogP contribution in [0.2, 0.25) is 0 Å². The summed E-state index contributed by atoms with van der Waals surface area (Å²) in [5, 5.41) is 30.4. The molecule has 2 aromatic carbocycles. The van der Waals surface area contributed by atoms with Crippen LogP contribution in [0.15, 0.2) is 30.3 Å². The molecule has 0 saturated carbocycles. The van der Waals surface area contributed by atoms with Gasteiger partial charge in [0.05, 0.1) is 11.7 Å². The zero-order valence-electron chi connectivity index (χ0n) is 15.3. The smallest absolute Gasteiger partial charge is 0.131 e. The fourth-order valence-electron chi connectivity index (χ4n) is 2.59. The van der Waals surface area contributed by atoms with Crippen LogP contribution < -0.4 is 4.74 Å². The Labute approximate surface area is 148 Å². The van der Waals surface area contributed by atoms with Gasteiger partial charge in [-0.15, -0.1) is 0 Å². The van der Waals surface area contributed by atoms with Crippen LogP contribution in [0.25, 0.3) is 0 Å². The Morgan fingerprint density at radius 1 is 1.00 bits per heavy atom. The van der Waals surface area contributed by atoms with E-state index in [1.165, 1.54) is 12.1 Å². The van der Waals surface area contributed by atoms with Crippen molar-refractivity contribution < 1.29 is 24.8 Å². The molecule has 0 aliphatic carbocycles. The van der Waals surface area contributed by atoms with Gasteiger partial charge in [-0.25, -0.2) is 0 Å². The summed E-state index contributed by atoms with van der Waals surface area (Å²) in [6, 6.07) is 8.25. The van der Waals surface area contributed by atoms with Crippen LogP contribution in [0, 0.1) is 13.8 Å². The quantitative estimate of drug-likeness (QED) is 0.741. The molecule has 0 fully saturated rings. The normalized spacial score (nSPS) is 12.9. The molecule has 0 aliphatic heterocycles. The largest absolute Gasteiger partial charge is 0.508 e. The first-order valence-electron chi connectivity index (χ1n) is 8.16. The number of phenols is 2. The third-order valence-corrected chi connectivity index (χ3v) is 4.42. The van der Waals surface area contributed by atoms with E-state index in [1.807, 2.05) is 13.8 Å². The summed E-state index contributed by atoms with van der Waals surface area (Å²) >= 11 is 0. The number of benzene rings is 2. The van der Waals surface area contributed by atoms with E-state index in [1.54, 1.807) is 39.2 Å². The van der Waals surface area contributed by atoms with Gasteiger partial charge in [0, 0.05) is 25.7 Å². The second-order valence-electron chi connectivity index (χ2n) is 6.87. The fraction of sp³-hybridized carbons (Fsp3) is 0.400. The van der Waals surface area contributed by atoms with E-state index in [9.17, 15) is 15.3 Å². The molecule has 5 nitrogen and oxygen atoms in total. The highest BCUT2D eigenvalue weighted by Gasteiger charge is 2.28. The highest BCUT2D eigenvalue weighted by Crippen LogP contribution is 2.33. The molecule has 3 N–H and O–H groups in total. The molecular formula is C20H26O5. The molecule has 1 atom stereocenters. The van der Waals surface area contributed by atoms with E-state index < -0.39 is 11.7 Å². The number of hydrogen-bond donors (Lipinski definition) is 3. The van der Waals surface area contributed by atoms with Gasteiger partial charge in [-0.2, -0.15) is 0 Å². The van der Waals surface area contributed by atoms with E-state index in [-0.39, 0.29) is 17.9 Å². The minimum Gasteiger partial charge on any atom is -0.508 e. The maximum atomic E-state index is 10.4. The predicted molar refractivity (Wildman–Crippen MR) is 96.6 cm³/mol. The number of ether oxygens (including phenoxy) is 2. The molecule has 0 bridgehead atoms. The zero-order chi connectivity index (χ0) is 18.8. The molecule has 5 heteroatoms. The third-order valence-electron chi connectivity index (χ3n) is 4.42. The van der Waals surface area contributed by atoms with E-state index in [0.29, 0.717) is 17.1 Å². The van der Waals surface area contributed by atoms with Gasteiger partial charge < -0.3 is 24.8 Å². The molecule has 0 aromatic heterocycles. The van der Waals surface area contributed by atoms with E-state index in [0.717, 1.165) is 11.1 Å². The Morgan fingerprint density at radius 3 is 2.20 bits per heavy atom. The first kappa shape index (κ1) is 19.1. The van der Waals surface area contributed by atoms with Crippen LogP contribution in [-0.4, -0.2) is 34.1 Å². The number of aliphatic hydroxyl groups excluding tert-OH is 1. The van der Waals surface area contributed by atoms with Crippen molar-refractivity contribution in [2.24, 2.45) is 0 Å². The first-order valence-corrected chi connectivity index (χ1v) is 8.16. The monoisotopic (exact) mass is 346 g/mol. The summed E-state index contributed by atoms with van der Waals surface area (Å²) in [6.45, 7) is 7.30. The van der Waals surface area contributed by atoms with E-state index >= 15 is 0 Å². The Hall–Kier alpha value is -2.24. The highest BCUT2D eigenvalue weighted by molar-refractivity contribution is 5.48. The second-order valence-corrected chi connectivity index (χ2v) is 6.87. The molecule has 0 saturated heterocycles. The summed E-state index contributed by atoms with van der Waals surface area (Å²) in [7, 11) is 1.55. The lowest BCUT2D eigenvalue weighted by atomic mass is 9.92. The van der Waals surface area contributed by atoms with Crippen molar-refractivity contribution in [3.05, 3.63) is 47.0 Å². The van der Waals surface area contributed by atoms with Gasteiger partial charge in [-0.05, 0) is 62.6 Å². The lowest BCUT2D eigenvalue weighted by Crippen LogP contribution is -2.39. The maximum absolute atomic E-state index is 10.4. The SMILES string of the molecule is COC(C)(C)C(O)Cc1c(C)cc(Oc2cc(C)cc(O)c2)cc1O. The molecule has 0 amide bonds.